The summed E-state index contributed by atoms with van der Waals surface area (Å²) in [4.78, 5) is 36.4. The summed E-state index contributed by atoms with van der Waals surface area (Å²) in [6.07, 6.45) is 1.88. The largest absolute Gasteiger partial charge is 0.467 e. The number of ether oxygens (including phenoxy) is 1. The average molecular weight is 364 g/mol. The van der Waals surface area contributed by atoms with Crippen molar-refractivity contribution < 1.29 is 23.5 Å². The summed E-state index contributed by atoms with van der Waals surface area (Å²) in [5.41, 5.74) is 0. The van der Waals surface area contributed by atoms with E-state index in [0.29, 0.717) is 16.3 Å². The first kappa shape index (κ1) is 18.7. The number of anilines is 1. The molecule has 0 bridgehead atoms. The van der Waals surface area contributed by atoms with Crippen LogP contribution in [-0.4, -0.2) is 30.9 Å². The van der Waals surface area contributed by atoms with E-state index in [9.17, 15) is 14.4 Å². The quantitative estimate of drug-likeness (QED) is 0.736. The molecule has 0 saturated heterocycles. The van der Waals surface area contributed by atoms with E-state index in [1.54, 1.807) is 24.3 Å². The molecular formula is C17H20N2O5S. The van der Waals surface area contributed by atoms with Crippen LogP contribution in [0.3, 0.4) is 0 Å². The minimum Gasteiger partial charge on any atom is -0.467 e. The van der Waals surface area contributed by atoms with Gasteiger partial charge in [-0.1, -0.05) is 13.8 Å². The molecule has 134 valence electrons. The van der Waals surface area contributed by atoms with Crippen LogP contribution in [0.2, 0.25) is 0 Å². The van der Waals surface area contributed by atoms with E-state index in [1.807, 2.05) is 13.8 Å². The van der Waals surface area contributed by atoms with Crippen molar-refractivity contribution >= 4 is 34.1 Å². The van der Waals surface area contributed by atoms with Crippen LogP contribution < -0.4 is 10.6 Å². The number of nitrogens with one attached hydrogen (secondary N) is 2. The maximum Gasteiger partial charge on any atom is 0.328 e. The Balaban J connectivity index is 2.01. The zero-order valence-corrected chi connectivity index (χ0v) is 15.0. The molecule has 7 nitrogen and oxygen atoms in total. The molecule has 2 amide bonds. The Kier molecular flexibility index (Phi) is 6.35. The molecule has 2 aromatic heterocycles. The third-order valence-corrected chi connectivity index (χ3v) is 4.31. The van der Waals surface area contributed by atoms with Crippen molar-refractivity contribution in [2.24, 2.45) is 5.92 Å². The van der Waals surface area contributed by atoms with E-state index in [2.05, 4.69) is 10.6 Å². The second-order valence-electron chi connectivity index (χ2n) is 5.77. The number of furan rings is 1. The van der Waals surface area contributed by atoms with Crippen LogP contribution in [0.5, 0.6) is 0 Å². The Hall–Kier alpha value is -2.61. The Bertz CT molecular complexity index is 736. The molecule has 25 heavy (non-hydrogen) atoms. The first-order chi connectivity index (χ1) is 11.9. The fourth-order valence-corrected chi connectivity index (χ4v) is 2.97. The lowest BCUT2D eigenvalue weighted by Crippen LogP contribution is -2.42. The summed E-state index contributed by atoms with van der Waals surface area (Å²) >= 11 is 1.11. The minimum atomic E-state index is -0.708. The molecule has 2 heterocycles. The highest BCUT2D eigenvalue weighted by Gasteiger charge is 2.24. The summed E-state index contributed by atoms with van der Waals surface area (Å²) in [7, 11) is 1.29. The van der Waals surface area contributed by atoms with Crippen LogP contribution in [0.25, 0.3) is 0 Å². The maximum absolute atomic E-state index is 12.3. The third-order valence-electron chi connectivity index (χ3n) is 3.31. The number of esters is 1. The van der Waals surface area contributed by atoms with Crippen molar-refractivity contribution in [1.82, 2.24) is 5.32 Å². The van der Waals surface area contributed by atoms with Crippen molar-refractivity contribution in [1.29, 1.82) is 0 Å². The number of rotatable bonds is 7. The number of hydrogen-bond acceptors (Lipinski definition) is 6. The van der Waals surface area contributed by atoms with Gasteiger partial charge in [0.15, 0.2) is 5.76 Å². The van der Waals surface area contributed by atoms with Crippen molar-refractivity contribution in [2.75, 3.05) is 12.4 Å². The number of hydrogen-bond donors (Lipinski definition) is 2. The summed E-state index contributed by atoms with van der Waals surface area (Å²) in [5.74, 6) is -0.867. The highest BCUT2D eigenvalue weighted by molar-refractivity contribution is 7.18. The molecule has 0 aliphatic rings. The fourth-order valence-electron chi connectivity index (χ4n) is 2.17. The lowest BCUT2D eigenvalue weighted by Gasteiger charge is -2.17. The van der Waals surface area contributed by atoms with E-state index in [-0.39, 0.29) is 17.6 Å². The van der Waals surface area contributed by atoms with Crippen LogP contribution in [-0.2, 0) is 9.53 Å². The summed E-state index contributed by atoms with van der Waals surface area (Å²) in [6.45, 7) is 3.91. The van der Waals surface area contributed by atoms with Gasteiger partial charge < -0.3 is 19.8 Å². The Morgan fingerprint density at radius 3 is 2.56 bits per heavy atom. The van der Waals surface area contributed by atoms with Crippen molar-refractivity contribution in [3.63, 3.8) is 0 Å². The molecule has 0 aliphatic carbocycles. The first-order valence-corrected chi connectivity index (χ1v) is 8.55. The highest BCUT2D eigenvalue weighted by atomic mass is 32.1. The highest BCUT2D eigenvalue weighted by Crippen LogP contribution is 2.23. The van der Waals surface area contributed by atoms with Crippen LogP contribution in [0.1, 0.15) is 40.5 Å². The zero-order valence-electron chi connectivity index (χ0n) is 14.2. The van der Waals surface area contributed by atoms with E-state index >= 15 is 0 Å². The number of amides is 2. The molecule has 2 N–H and O–H groups in total. The minimum absolute atomic E-state index is 0.182. The van der Waals surface area contributed by atoms with Gasteiger partial charge in [0.2, 0.25) is 0 Å². The smallest absolute Gasteiger partial charge is 0.328 e. The van der Waals surface area contributed by atoms with Gasteiger partial charge in [0.1, 0.15) is 6.04 Å². The average Bonchev–Trinajstić information content (AvgIpc) is 3.24. The standard InChI is InChI=1S/C17H20N2O5S/c1-10(2)9-11(17(22)23-3)18-16(21)13-6-7-14(25-13)19-15(20)12-5-4-8-24-12/h4-8,10-11H,9H2,1-3H3,(H,18,21)(H,19,20)/t11-/m0/s1. The molecule has 0 aromatic carbocycles. The van der Waals surface area contributed by atoms with Gasteiger partial charge in [0.05, 0.1) is 23.3 Å². The van der Waals surface area contributed by atoms with Gasteiger partial charge in [0.25, 0.3) is 11.8 Å². The second-order valence-corrected chi connectivity index (χ2v) is 6.86. The lowest BCUT2D eigenvalue weighted by molar-refractivity contribution is -0.143. The zero-order chi connectivity index (χ0) is 18.4. The molecule has 0 saturated carbocycles. The SMILES string of the molecule is COC(=O)[C@H](CC(C)C)NC(=O)c1ccc(NC(=O)c2ccco2)s1. The molecular weight excluding hydrogens is 344 g/mol. The number of carbonyl (C=O) groups is 3. The molecule has 1 atom stereocenters. The molecule has 2 aromatic rings. The van der Waals surface area contributed by atoms with E-state index in [0.717, 1.165) is 11.3 Å². The fraction of sp³-hybridized carbons (Fsp3) is 0.353. The number of methoxy groups -OCH3 is 1. The normalized spacial score (nSPS) is 11.8. The van der Waals surface area contributed by atoms with Gasteiger partial charge in [-0.15, -0.1) is 11.3 Å². The monoisotopic (exact) mass is 364 g/mol. The second kappa shape index (κ2) is 8.48. The first-order valence-electron chi connectivity index (χ1n) is 7.74. The Morgan fingerprint density at radius 2 is 1.96 bits per heavy atom. The molecule has 8 heteroatoms. The Morgan fingerprint density at radius 1 is 1.20 bits per heavy atom. The van der Waals surface area contributed by atoms with Crippen LogP contribution in [0.4, 0.5) is 5.00 Å². The van der Waals surface area contributed by atoms with Crippen molar-refractivity contribution in [3.05, 3.63) is 41.2 Å². The summed E-state index contributed by atoms with van der Waals surface area (Å²) in [6, 6.07) is 5.66. The van der Waals surface area contributed by atoms with Gasteiger partial charge in [-0.2, -0.15) is 0 Å². The summed E-state index contributed by atoms with van der Waals surface area (Å²) < 4.78 is 9.74. The molecule has 0 fully saturated rings. The topological polar surface area (TPSA) is 97.6 Å². The van der Waals surface area contributed by atoms with Crippen molar-refractivity contribution in [2.45, 2.75) is 26.3 Å². The number of carbonyl (C=O) groups excluding carboxylic acids is 3. The molecule has 0 radical (unpaired) electrons. The molecule has 0 spiro atoms. The molecule has 0 unspecified atom stereocenters. The van der Waals surface area contributed by atoms with Gasteiger partial charge in [0, 0.05) is 0 Å². The van der Waals surface area contributed by atoms with Gasteiger partial charge in [-0.05, 0) is 36.6 Å². The number of thiophene rings is 1. The van der Waals surface area contributed by atoms with Crippen LogP contribution in [0.15, 0.2) is 34.9 Å². The lowest BCUT2D eigenvalue weighted by atomic mass is 10.0. The van der Waals surface area contributed by atoms with E-state index in [1.165, 1.54) is 13.4 Å². The van der Waals surface area contributed by atoms with E-state index in [4.69, 9.17) is 9.15 Å². The van der Waals surface area contributed by atoms with Crippen LogP contribution in [0, 0.1) is 5.92 Å². The van der Waals surface area contributed by atoms with Gasteiger partial charge in [-0.3, -0.25) is 9.59 Å². The molecule has 0 aliphatic heterocycles. The van der Waals surface area contributed by atoms with Crippen LogP contribution >= 0.6 is 11.3 Å². The molecule has 2 rings (SSSR count). The Labute approximate surface area is 149 Å². The van der Waals surface area contributed by atoms with E-state index < -0.39 is 17.9 Å². The third kappa shape index (κ3) is 5.18. The predicted molar refractivity (Wildman–Crippen MR) is 93.7 cm³/mol. The predicted octanol–water partition coefficient (Wildman–Crippen LogP) is 2.91. The maximum atomic E-state index is 12.3. The summed E-state index contributed by atoms with van der Waals surface area (Å²) in [5, 5.41) is 5.83. The van der Waals surface area contributed by atoms with Gasteiger partial charge >= 0.3 is 5.97 Å². The van der Waals surface area contributed by atoms with Gasteiger partial charge in [-0.25, -0.2) is 4.79 Å². The van der Waals surface area contributed by atoms with Crippen molar-refractivity contribution in [3.8, 4) is 0 Å².